The molecule has 0 unspecified atom stereocenters. The van der Waals surface area contributed by atoms with Gasteiger partial charge < -0.3 is 9.15 Å². The summed E-state index contributed by atoms with van der Waals surface area (Å²) >= 11 is 3.27. The van der Waals surface area contributed by atoms with Crippen LogP contribution in [0.15, 0.2) is 39.4 Å². The fourth-order valence-electron chi connectivity index (χ4n) is 3.34. The molecule has 1 aromatic carbocycles. The number of anilines is 1. The number of benzene rings is 1. The summed E-state index contributed by atoms with van der Waals surface area (Å²) in [7, 11) is 0. The number of nitrogens with one attached hydrogen (secondary N) is 2. The highest BCUT2D eigenvalue weighted by Gasteiger charge is 2.27. The number of amides is 1. The van der Waals surface area contributed by atoms with E-state index in [0.29, 0.717) is 21.4 Å². The molecule has 33 heavy (non-hydrogen) atoms. The smallest absolute Gasteiger partial charge is 0.413 e. The van der Waals surface area contributed by atoms with Gasteiger partial charge in [-0.1, -0.05) is 12.1 Å². The summed E-state index contributed by atoms with van der Waals surface area (Å²) in [5, 5.41) is 9.84. The number of aromatic amines is 1. The highest BCUT2D eigenvalue weighted by Crippen LogP contribution is 2.45. The van der Waals surface area contributed by atoms with Gasteiger partial charge in [-0.15, -0.1) is 0 Å². The van der Waals surface area contributed by atoms with Crippen LogP contribution < -0.4 is 5.32 Å². The minimum absolute atomic E-state index is 0.0562. The van der Waals surface area contributed by atoms with Crippen molar-refractivity contribution in [1.82, 2.24) is 15.2 Å². The number of rotatable bonds is 3. The number of aryl methyl sites for hydroxylation is 1. The Hall–Kier alpha value is -3.71. The first-order chi connectivity index (χ1) is 15.6. The van der Waals surface area contributed by atoms with Gasteiger partial charge in [0.1, 0.15) is 17.2 Å². The van der Waals surface area contributed by atoms with E-state index in [-0.39, 0.29) is 28.4 Å². The van der Waals surface area contributed by atoms with Gasteiger partial charge in [0, 0.05) is 11.1 Å². The zero-order valence-corrected chi connectivity index (χ0v) is 19.8. The van der Waals surface area contributed by atoms with Gasteiger partial charge in [-0.05, 0) is 67.4 Å². The zero-order valence-electron chi connectivity index (χ0n) is 18.2. The fraction of sp³-hybridized carbons (Fsp3) is 0.217. The van der Waals surface area contributed by atoms with Crippen LogP contribution in [0.25, 0.3) is 38.5 Å². The van der Waals surface area contributed by atoms with Gasteiger partial charge in [-0.3, -0.25) is 10.4 Å². The molecule has 0 aliphatic carbocycles. The second kappa shape index (κ2) is 8.33. The first-order valence-electron chi connectivity index (χ1n) is 9.89. The Bertz CT molecular complexity index is 1430. The average molecular weight is 512 g/mol. The standard InChI is InChI=1S/C23H19BrFN5O3/c1-11-6-7-12(13(25)10-11)18-19(26-5)16(14-8-9-15(24)32-14)17-20(27-18)29-30-21(17)28-22(31)33-23(2,3)4/h6-10H,1-4H3,(H2,27,28,29,30,31). The minimum atomic E-state index is -0.722. The van der Waals surface area contributed by atoms with Crippen LogP contribution in [0.4, 0.5) is 20.7 Å². The monoisotopic (exact) mass is 511 g/mol. The number of H-pyrrole nitrogens is 1. The highest BCUT2D eigenvalue weighted by molar-refractivity contribution is 9.10. The summed E-state index contributed by atoms with van der Waals surface area (Å²) in [4.78, 5) is 20.5. The second-order valence-electron chi connectivity index (χ2n) is 8.31. The Morgan fingerprint density at radius 3 is 2.67 bits per heavy atom. The Morgan fingerprint density at radius 1 is 1.30 bits per heavy atom. The number of fused-ring (bicyclic) bond motifs is 1. The number of hydrogen-bond donors (Lipinski definition) is 2. The second-order valence-corrected chi connectivity index (χ2v) is 9.09. The molecule has 0 radical (unpaired) electrons. The number of carbonyl (C=O) groups is 1. The normalized spacial score (nSPS) is 11.4. The summed E-state index contributed by atoms with van der Waals surface area (Å²) in [6.07, 6.45) is -0.722. The molecule has 0 aliphatic heterocycles. The maximum absolute atomic E-state index is 14.9. The van der Waals surface area contributed by atoms with E-state index in [4.69, 9.17) is 15.7 Å². The van der Waals surface area contributed by atoms with Crippen molar-refractivity contribution in [3.05, 3.63) is 57.8 Å². The van der Waals surface area contributed by atoms with Gasteiger partial charge in [-0.25, -0.2) is 19.0 Å². The van der Waals surface area contributed by atoms with E-state index in [1.807, 2.05) is 0 Å². The lowest BCUT2D eigenvalue weighted by molar-refractivity contribution is 0.0635. The van der Waals surface area contributed by atoms with Crippen molar-refractivity contribution in [2.24, 2.45) is 0 Å². The number of ether oxygens (including phenoxy) is 1. The minimum Gasteiger partial charge on any atom is -0.451 e. The Balaban J connectivity index is 1.99. The topological polar surface area (TPSA) is 97.4 Å². The molecule has 10 heteroatoms. The molecule has 0 saturated carbocycles. The number of halogens is 2. The number of nitrogens with zero attached hydrogens (tertiary/aromatic N) is 3. The Kier molecular flexibility index (Phi) is 5.68. The van der Waals surface area contributed by atoms with Crippen molar-refractivity contribution in [1.29, 1.82) is 0 Å². The number of pyridine rings is 1. The summed E-state index contributed by atoms with van der Waals surface area (Å²) in [6, 6.07) is 8.02. The van der Waals surface area contributed by atoms with Crippen LogP contribution in [-0.4, -0.2) is 26.9 Å². The molecule has 0 saturated heterocycles. The maximum Gasteiger partial charge on any atom is 0.413 e. The zero-order chi connectivity index (χ0) is 23.9. The molecule has 4 rings (SSSR count). The van der Waals surface area contributed by atoms with Crippen LogP contribution in [0.1, 0.15) is 26.3 Å². The third-order valence-electron chi connectivity index (χ3n) is 4.61. The molecule has 168 valence electrons. The molecule has 2 N–H and O–H groups in total. The fourth-order valence-corrected chi connectivity index (χ4v) is 3.65. The van der Waals surface area contributed by atoms with E-state index in [2.05, 4.69) is 41.3 Å². The first kappa shape index (κ1) is 22.5. The average Bonchev–Trinajstić information content (AvgIpc) is 3.31. The lowest BCUT2D eigenvalue weighted by atomic mass is 10.0. The molecule has 3 heterocycles. The lowest BCUT2D eigenvalue weighted by Crippen LogP contribution is -2.27. The van der Waals surface area contributed by atoms with Crippen LogP contribution in [0.5, 0.6) is 0 Å². The van der Waals surface area contributed by atoms with Crippen LogP contribution in [0.3, 0.4) is 0 Å². The molecule has 0 aliphatic rings. The van der Waals surface area contributed by atoms with Crippen molar-refractivity contribution in [2.45, 2.75) is 33.3 Å². The van der Waals surface area contributed by atoms with Gasteiger partial charge >= 0.3 is 6.09 Å². The summed E-state index contributed by atoms with van der Waals surface area (Å²) in [5.74, 6) is -0.0808. The number of hydrogen-bond acceptors (Lipinski definition) is 5. The summed E-state index contributed by atoms with van der Waals surface area (Å²) < 4.78 is 26.3. The van der Waals surface area contributed by atoms with Gasteiger partial charge in [0.15, 0.2) is 16.1 Å². The SMILES string of the molecule is [C-]#[N+]c1c(-c2ccc(C)cc2F)nc2[nH]nc(NC(=O)OC(C)(C)C)c2c1-c1ccc(Br)o1. The van der Waals surface area contributed by atoms with Gasteiger partial charge in [0.05, 0.1) is 17.7 Å². The van der Waals surface area contributed by atoms with Crippen LogP contribution >= 0.6 is 15.9 Å². The van der Waals surface area contributed by atoms with Crippen molar-refractivity contribution >= 4 is 44.6 Å². The molecule has 8 nitrogen and oxygen atoms in total. The quantitative estimate of drug-likeness (QED) is 0.288. The van der Waals surface area contributed by atoms with Gasteiger partial charge in [0.2, 0.25) is 5.69 Å². The molecule has 0 fully saturated rings. The molecular formula is C23H19BrFN5O3. The van der Waals surface area contributed by atoms with E-state index < -0.39 is 17.5 Å². The molecule has 0 atom stereocenters. The van der Waals surface area contributed by atoms with E-state index in [1.54, 1.807) is 52.0 Å². The summed E-state index contributed by atoms with van der Waals surface area (Å²) in [5.41, 5.74) is 0.923. The van der Waals surface area contributed by atoms with Crippen molar-refractivity contribution in [3.8, 4) is 22.6 Å². The predicted octanol–water partition coefficient (Wildman–Crippen LogP) is 6.99. The van der Waals surface area contributed by atoms with Crippen molar-refractivity contribution in [3.63, 3.8) is 0 Å². The van der Waals surface area contributed by atoms with Gasteiger partial charge in [-0.2, -0.15) is 5.10 Å². The largest absolute Gasteiger partial charge is 0.451 e. The third kappa shape index (κ3) is 4.45. The Morgan fingerprint density at radius 2 is 2.06 bits per heavy atom. The first-order valence-corrected chi connectivity index (χ1v) is 10.7. The molecule has 4 aromatic rings. The predicted molar refractivity (Wildman–Crippen MR) is 126 cm³/mol. The van der Waals surface area contributed by atoms with E-state index in [0.717, 1.165) is 5.56 Å². The number of aromatic nitrogens is 3. The maximum atomic E-state index is 14.9. The van der Waals surface area contributed by atoms with Crippen molar-refractivity contribution in [2.75, 3.05) is 5.32 Å². The van der Waals surface area contributed by atoms with Crippen LogP contribution in [0, 0.1) is 19.3 Å². The van der Waals surface area contributed by atoms with E-state index in [1.165, 1.54) is 6.07 Å². The van der Waals surface area contributed by atoms with Crippen molar-refractivity contribution < 1.29 is 18.3 Å². The number of carbonyl (C=O) groups excluding carboxylic acids is 1. The van der Waals surface area contributed by atoms with Gasteiger partial charge in [0.25, 0.3) is 0 Å². The van der Waals surface area contributed by atoms with E-state index >= 15 is 0 Å². The molecular weight excluding hydrogens is 493 g/mol. The Labute approximate surface area is 197 Å². The third-order valence-corrected chi connectivity index (χ3v) is 5.04. The lowest BCUT2D eigenvalue weighted by Gasteiger charge is -2.19. The molecule has 0 spiro atoms. The molecule has 3 aromatic heterocycles. The van der Waals surface area contributed by atoms with Crippen LogP contribution in [0.2, 0.25) is 0 Å². The summed E-state index contributed by atoms with van der Waals surface area (Å²) in [6.45, 7) is 14.9. The van der Waals surface area contributed by atoms with Crippen LogP contribution in [-0.2, 0) is 4.74 Å². The molecule has 1 amide bonds. The van der Waals surface area contributed by atoms with E-state index in [9.17, 15) is 9.18 Å². The molecule has 0 bridgehead atoms. The highest BCUT2D eigenvalue weighted by atomic mass is 79.9. The number of furan rings is 1.